The molecule has 15 heavy (non-hydrogen) atoms. The molecule has 5 heteroatoms. The summed E-state index contributed by atoms with van der Waals surface area (Å²) in [6, 6.07) is 4.94. The highest BCUT2D eigenvalue weighted by molar-refractivity contribution is 5.95. The van der Waals surface area contributed by atoms with E-state index < -0.39 is 11.9 Å². The van der Waals surface area contributed by atoms with E-state index in [1.54, 1.807) is 0 Å². The Morgan fingerprint density at radius 2 is 2.13 bits per heavy atom. The van der Waals surface area contributed by atoms with E-state index in [9.17, 15) is 4.79 Å². The summed E-state index contributed by atoms with van der Waals surface area (Å²) in [5, 5.41) is 29.0. The van der Waals surface area contributed by atoms with E-state index in [0.717, 1.165) is 6.07 Å². The first-order chi connectivity index (χ1) is 7.04. The van der Waals surface area contributed by atoms with Gasteiger partial charge in [0.1, 0.15) is 6.04 Å². The van der Waals surface area contributed by atoms with E-state index in [0.29, 0.717) is 0 Å². The number of nitrogens with one attached hydrogen (secondary N) is 1. The van der Waals surface area contributed by atoms with Crippen LogP contribution in [0.5, 0.6) is 11.5 Å². The van der Waals surface area contributed by atoms with Crippen LogP contribution in [0.2, 0.25) is 0 Å². The molecule has 0 aromatic heterocycles. The Hall–Kier alpha value is -2.22. The van der Waals surface area contributed by atoms with Gasteiger partial charge < -0.3 is 15.5 Å². The van der Waals surface area contributed by atoms with Gasteiger partial charge in [0, 0.05) is 5.56 Å². The molecule has 1 aromatic rings. The van der Waals surface area contributed by atoms with Crippen LogP contribution in [0.3, 0.4) is 0 Å². The molecule has 1 aromatic carbocycles. The molecule has 1 amide bonds. The molecule has 0 saturated heterocycles. The van der Waals surface area contributed by atoms with Crippen LogP contribution in [-0.2, 0) is 0 Å². The summed E-state index contributed by atoms with van der Waals surface area (Å²) in [7, 11) is 0. The first kappa shape index (κ1) is 10.9. The molecule has 78 valence electrons. The summed E-state index contributed by atoms with van der Waals surface area (Å²) in [6.45, 7) is 1.54. The number of nitriles is 1. The lowest BCUT2D eigenvalue weighted by Gasteiger charge is -2.06. The van der Waals surface area contributed by atoms with E-state index >= 15 is 0 Å². The molecule has 0 saturated carbocycles. The number of rotatable bonds is 2. The molecule has 0 bridgehead atoms. The number of aromatic hydroxyl groups is 2. The summed E-state index contributed by atoms with van der Waals surface area (Å²) in [5.74, 6) is -1.13. The fraction of sp³-hybridized carbons (Fsp3) is 0.200. The lowest BCUT2D eigenvalue weighted by atomic mass is 10.2. The molecule has 1 atom stereocenters. The minimum Gasteiger partial charge on any atom is -0.504 e. The van der Waals surface area contributed by atoms with Crippen LogP contribution < -0.4 is 5.32 Å². The van der Waals surface area contributed by atoms with Gasteiger partial charge in [0.05, 0.1) is 6.07 Å². The lowest BCUT2D eigenvalue weighted by molar-refractivity contribution is 0.0947. The van der Waals surface area contributed by atoms with Crippen LogP contribution in [0, 0.1) is 11.3 Å². The third-order valence-electron chi connectivity index (χ3n) is 1.78. The molecule has 5 nitrogen and oxygen atoms in total. The monoisotopic (exact) mass is 206 g/mol. The molecule has 1 rings (SSSR count). The number of nitrogens with zero attached hydrogens (tertiary/aromatic N) is 1. The molecule has 0 aliphatic carbocycles. The second-order valence-corrected chi connectivity index (χ2v) is 3.03. The fourth-order valence-corrected chi connectivity index (χ4v) is 0.977. The average molecular weight is 206 g/mol. The standard InChI is InChI=1S/C10H10N2O3/c1-6(5-11)12-10(15)7-2-3-8(13)9(14)4-7/h2-4,6,13-14H,1H3,(H,12,15). The zero-order valence-corrected chi connectivity index (χ0v) is 8.06. The quantitative estimate of drug-likeness (QED) is 0.622. The van der Waals surface area contributed by atoms with Crippen molar-refractivity contribution in [2.75, 3.05) is 0 Å². The van der Waals surface area contributed by atoms with Crippen LogP contribution in [0.4, 0.5) is 0 Å². The van der Waals surface area contributed by atoms with Crippen molar-refractivity contribution in [2.24, 2.45) is 0 Å². The van der Waals surface area contributed by atoms with Crippen LogP contribution in [-0.4, -0.2) is 22.2 Å². The second-order valence-electron chi connectivity index (χ2n) is 3.03. The third kappa shape index (κ3) is 2.61. The highest BCUT2D eigenvalue weighted by Crippen LogP contribution is 2.24. The Labute approximate surface area is 86.6 Å². The van der Waals surface area contributed by atoms with Crippen molar-refractivity contribution in [3.8, 4) is 17.6 Å². The molecule has 0 aliphatic rings. The average Bonchev–Trinajstić information content (AvgIpc) is 2.21. The first-order valence-corrected chi connectivity index (χ1v) is 4.27. The van der Waals surface area contributed by atoms with Gasteiger partial charge in [-0.3, -0.25) is 4.79 Å². The topological polar surface area (TPSA) is 93.4 Å². The Morgan fingerprint density at radius 1 is 1.47 bits per heavy atom. The number of amides is 1. The third-order valence-corrected chi connectivity index (χ3v) is 1.78. The molecular weight excluding hydrogens is 196 g/mol. The highest BCUT2D eigenvalue weighted by atomic mass is 16.3. The number of carbonyl (C=O) groups excluding carboxylic acids is 1. The van der Waals surface area contributed by atoms with Crippen molar-refractivity contribution in [2.45, 2.75) is 13.0 Å². The summed E-state index contributed by atoms with van der Waals surface area (Å²) < 4.78 is 0. The van der Waals surface area contributed by atoms with Crippen LogP contribution >= 0.6 is 0 Å². The molecular formula is C10H10N2O3. The maximum Gasteiger partial charge on any atom is 0.252 e. The Bertz CT molecular complexity index is 423. The van der Waals surface area contributed by atoms with Crippen molar-refractivity contribution in [1.29, 1.82) is 5.26 Å². The van der Waals surface area contributed by atoms with E-state index in [1.165, 1.54) is 19.1 Å². The molecule has 1 unspecified atom stereocenters. The van der Waals surface area contributed by atoms with Crippen molar-refractivity contribution in [3.05, 3.63) is 23.8 Å². The number of phenolic OH excluding ortho intramolecular Hbond substituents is 2. The molecule has 0 aliphatic heterocycles. The van der Waals surface area contributed by atoms with Crippen molar-refractivity contribution >= 4 is 5.91 Å². The van der Waals surface area contributed by atoms with Gasteiger partial charge in [0.25, 0.3) is 5.91 Å². The Kier molecular flexibility index (Phi) is 3.13. The number of carbonyl (C=O) groups is 1. The summed E-state index contributed by atoms with van der Waals surface area (Å²) in [5.41, 5.74) is 0.187. The van der Waals surface area contributed by atoms with Gasteiger partial charge in [-0.2, -0.15) is 5.26 Å². The number of phenols is 2. The highest BCUT2D eigenvalue weighted by Gasteiger charge is 2.10. The molecule has 0 radical (unpaired) electrons. The lowest BCUT2D eigenvalue weighted by Crippen LogP contribution is -2.31. The molecule has 0 fully saturated rings. The fourth-order valence-electron chi connectivity index (χ4n) is 0.977. The maximum atomic E-state index is 11.4. The predicted octanol–water partition coefficient (Wildman–Crippen LogP) is 0.740. The normalized spacial score (nSPS) is 11.5. The van der Waals surface area contributed by atoms with Gasteiger partial charge in [0.15, 0.2) is 11.5 Å². The number of hydrogen-bond donors (Lipinski definition) is 3. The van der Waals surface area contributed by atoms with E-state index in [2.05, 4.69) is 5.32 Å². The summed E-state index contributed by atoms with van der Waals surface area (Å²) in [6.07, 6.45) is 0. The van der Waals surface area contributed by atoms with Crippen LogP contribution in [0.1, 0.15) is 17.3 Å². The van der Waals surface area contributed by atoms with E-state index in [1.807, 2.05) is 6.07 Å². The minimum atomic E-state index is -0.603. The van der Waals surface area contributed by atoms with Gasteiger partial charge in [0.2, 0.25) is 0 Å². The SMILES string of the molecule is CC(C#N)NC(=O)c1ccc(O)c(O)c1. The smallest absolute Gasteiger partial charge is 0.252 e. The van der Waals surface area contributed by atoms with Crippen LogP contribution in [0.15, 0.2) is 18.2 Å². The molecule has 0 spiro atoms. The number of benzene rings is 1. The first-order valence-electron chi connectivity index (χ1n) is 4.27. The van der Waals surface area contributed by atoms with Crippen molar-refractivity contribution in [1.82, 2.24) is 5.32 Å². The van der Waals surface area contributed by atoms with Gasteiger partial charge in [-0.1, -0.05) is 0 Å². The Balaban J connectivity index is 2.84. The summed E-state index contributed by atoms with van der Waals surface area (Å²) in [4.78, 5) is 11.4. The molecule has 0 heterocycles. The van der Waals surface area contributed by atoms with Crippen molar-refractivity contribution < 1.29 is 15.0 Å². The minimum absolute atomic E-state index is 0.187. The number of hydrogen-bond acceptors (Lipinski definition) is 4. The maximum absolute atomic E-state index is 11.4. The Morgan fingerprint density at radius 3 is 2.67 bits per heavy atom. The van der Waals surface area contributed by atoms with Crippen LogP contribution in [0.25, 0.3) is 0 Å². The van der Waals surface area contributed by atoms with E-state index in [-0.39, 0.29) is 17.1 Å². The van der Waals surface area contributed by atoms with E-state index in [4.69, 9.17) is 15.5 Å². The van der Waals surface area contributed by atoms with Crippen molar-refractivity contribution in [3.63, 3.8) is 0 Å². The zero-order valence-electron chi connectivity index (χ0n) is 8.06. The van der Waals surface area contributed by atoms with Gasteiger partial charge >= 0.3 is 0 Å². The zero-order chi connectivity index (χ0) is 11.4. The predicted molar refractivity (Wildman–Crippen MR) is 52.3 cm³/mol. The molecule has 3 N–H and O–H groups in total. The van der Waals surface area contributed by atoms with Gasteiger partial charge in [-0.15, -0.1) is 0 Å². The van der Waals surface area contributed by atoms with Gasteiger partial charge in [-0.25, -0.2) is 0 Å². The van der Waals surface area contributed by atoms with Gasteiger partial charge in [-0.05, 0) is 25.1 Å². The second kappa shape index (κ2) is 4.33. The largest absolute Gasteiger partial charge is 0.504 e. The summed E-state index contributed by atoms with van der Waals surface area (Å²) >= 11 is 0.